The fourth-order valence-corrected chi connectivity index (χ4v) is 1.85. The third-order valence-electron chi connectivity index (χ3n) is 2.28. The first kappa shape index (κ1) is 14.1. The van der Waals surface area contributed by atoms with Crippen molar-refractivity contribution in [2.24, 2.45) is 0 Å². The summed E-state index contributed by atoms with van der Waals surface area (Å²) >= 11 is 11.9. The van der Waals surface area contributed by atoms with Crippen LogP contribution in [0.2, 0.25) is 10.0 Å². The van der Waals surface area contributed by atoms with Crippen molar-refractivity contribution < 1.29 is 4.79 Å². The Labute approximate surface area is 111 Å². The highest BCUT2D eigenvalue weighted by Crippen LogP contribution is 2.32. The van der Waals surface area contributed by atoms with Crippen LogP contribution in [0.25, 0.3) is 0 Å². The second-order valence-electron chi connectivity index (χ2n) is 3.74. The largest absolute Gasteiger partial charge is 0.399 e. The number of nitrogen functional groups attached to an aromatic ring is 1. The molecule has 17 heavy (non-hydrogen) atoms. The number of anilines is 2. The van der Waals surface area contributed by atoms with Gasteiger partial charge in [0.15, 0.2) is 0 Å². The number of nitrogens with one attached hydrogen (secondary N) is 1. The van der Waals surface area contributed by atoms with Crippen molar-refractivity contribution in [1.29, 1.82) is 0 Å². The molecule has 0 saturated heterocycles. The Hall–Kier alpha value is -0.970. The van der Waals surface area contributed by atoms with E-state index in [4.69, 9.17) is 28.9 Å². The number of likely N-dealkylation sites (N-methyl/N-ethyl adjacent to an activating group) is 1. The first-order valence-corrected chi connectivity index (χ1v) is 5.92. The fraction of sp³-hybridized carbons (Fsp3) is 0.364. The van der Waals surface area contributed by atoms with Crippen LogP contribution >= 0.6 is 23.2 Å². The normalized spacial score (nSPS) is 10.6. The second kappa shape index (κ2) is 6.10. The molecule has 0 unspecified atom stereocenters. The van der Waals surface area contributed by atoms with Gasteiger partial charge in [-0.1, -0.05) is 30.1 Å². The predicted molar refractivity (Wildman–Crippen MR) is 72.7 cm³/mol. The number of carbonyl (C=O) groups is 1. The van der Waals surface area contributed by atoms with E-state index in [0.29, 0.717) is 21.4 Å². The summed E-state index contributed by atoms with van der Waals surface area (Å²) in [7, 11) is 1.85. The summed E-state index contributed by atoms with van der Waals surface area (Å²) in [5.41, 5.74) is 6.43. The van der Waals surface area contributed by atoms with E-state index >= 15 is 0 Å². The molecule has 0 fully saturated rings. The predicted octanol–water partition coefficient (Wildman–Crippen LogP) is 2.47. The fourth-order valence-electron chi connectivity index (χ4n) is 1.25. The third kappa shape index (κ3) is 4.07. The van der Waals surface area contributed by atoms with Gasteiger partial charge in [0.2, 0.25) is 5.91 Å². The molecule has 0 atom stereocenters. The van der Waals surface area contributed by atoms with Gasteiger partial charge in [0.25, 0.3) is 0 Å². The van der Waals surface area contributed by atoms with Crippen LogP contribution < -0.4 is 11.1 Å². The minimum Gasteiger partial charge on any atom is -0.399 e. The van der Waals surface area contributed by atoms with Gasteiger partial charge in [-0.15, -0.1) is 0 Å². The van der Waals surface area contributed by atoms with Gasteiger partial charge < -0.3 is 11.1 Å². The molecule has 1 amide bonds. The number of hydrogen-bond acceptors (Lipinski definition) is 3. The molecule has 1 aromatic carbocycles. The zero-order valence-electron chi connectivity index (χ0n) is 9.76. The Morgan fingerprint density at radius 1 is 1.41 bits per heavy atom. The van der Waals surface area contributed by atoms with Crippen molar-refractivity contribution in [3.63, 3.8) is 0 Å². The molecule has 1 aromatic rings. The maximum Gasteiger partial charge on any atom is 0.238 e. The van der Waals surface area contributed by atoms with Gasteiger partial charge >= 0.3 is 0 Å². The Morgan fingerprint density at radius 2 is 1.94 bits per heavy atom. The summed E-state index contributed by atoms with van der Waals surface area (Å²) < 4.78 is 0. The van der Waals surface area contributed by atoms with Crippen LogP contribution in [-0.2, 0) is 4.79 Å². The van der Waals surface area contributed by atoms with Crippen LogP contribution in [-0.4, -0.2) is 30.9 Å². The van der Waals surface area contributed by atoms with Gasteiger partial charge in [-0.2, -0.15) is 0 Å². The van der Waals surface area contributed by atoms with E-state index in [1.807, 2.05) is 18.9 Å². The SMILES string of the molecule is CCN(C)CC(=O)Nc1c(Cl)cc(N)cc1Cl. The number of benzene rings is 1. The molecule has 0 saturated carbocycles. The van der Waals surface area contributed by atoms with E-state index in [1.165, 1.54) is 0 Å². The first-order valence-electron chi connectivity index (χ1n) is 5.17. The number of nitrogens with zero attached hydrogens (tertiary/aromatic N) is 1. The second-order valence-corrected chi connectivity index (χ2v) is 4.55. The van der Waals surface area contributed by atoms with Crippen molar-refractivity contribution in [1.82, 2.24) is 4.90 Å². The molecule has 0 aliphatic heterocycles. The number of halogens is 2. The van der Waals surface area contributed by atoms with Crippen LogP contribution in [0.1, 0.15) is 6.92 Å². The third-order valence-corrected chi connectivity index (χ3v) is 2.88. The smallest absolute Gasteiger partial charge is 0.238 e. The summed E-state index contributed by atoms with van der Waals surface area (Å²) in [4.78, 5) is 13.5. The molecule has 94 valence electrons. The Bertz CT molecular complexity index is 400. The van der Waals surface area contributed by atoms with Crippen molar-refractivity contribution in [2.45, 2.75) is 6.92 Å². The number of hydrogen-bond donors (Lipinski definition) is 2. The molecule has 0 aliphatic rings. The van der Waals surface area contributed by atoms with E-state index in [1.54, 1.807) is 12.1 Å². The lowest BCUT2D eigenvalue weighted by atomic mass is 10.2. The zero-order valence-corrected chi connectivity index (χ0v) is 11.3. The van der Waals surface area contributed by atoms with E-state index in [0.717, 1.165) is 6.54 Å². The Morgan fingerprint density at radius 3 is 2.41 bits per heavy atom. The minimum absolute atomic E-state index is 0.164. The highest BCUT2D eigenvalue weighted by Gasteiger charge is 2.11. The standard InChI is InChI=1S/C11H15Cl2N3O/c1-3-16(2)6-10(17)15-11-8(12)4-7(14)5-9(11)13/h4-5H,3,6,14H2,1-2H3,(H,15,17). The molecule has 0 aliphatic carbocycles. The van der Waals surface area contributed by atoms with Crippen molar-refractivity contribution >= 4 is 40.5 Å². The maximum atomic E-state index is 11.7. The lowest BCUT2D eigenvalue weighted by molar-refractivity contribution is -0.117. The number of rotatable bonds is 4. The molecule has 6 heteroatoms. The monoisotopic (exact) mass is 275 g/mol. The number of nitrogens with two attached hydrogens (primary N) is 1. The molecule has 0 heterocycles. The van der Waals surface area contributed by atoms with E-state index in [9.17, 15) is 4.79 Å². The molecule has 0 aromatic heterocycles. The summed E-state index contributed by atoms with van der Waals surface area (Å²) in [5.74, 6) is -0.164. The molecule has 3 N–H and O–H groups in total. The van der Waals surface area contributed by atoms with Crippen LogP contribution in [0.5, 0.6) is 0 Å². The van der Waals surface area contributed by atoms with Crippen LogP contribution in [0, 0.1) is 0 Å². The molecule has 0 radical (unpaired) electrons. The molecule has 4 nitrogen and oxygen atoms in total. The average Bonchev–Trinajstić information content (AvgIpc) is 2.23. The van der Waals surface area contributed by atoms with E-state index in [2.05, 4.69) is 5.32 Å². The van der Waals surface area contributed by atoms with Crippen molar-refractivity contribution in [2.75, 3.05) is 31.2 Å². The van der Waals surface area contributed by atoms with Gasteiger partial charge in [-0.05, 0) is 25.7 Å². The summed E-state index contributed by atoms with van der Waals surface area (Å²) in [6.45, 7) is 3.04. The summed E-state index contributed by atoms with van der Waals surface area (Å²) in [6.07, 6.45) is 0. The van der Waals surface area contributed by atoms with Gasteiger partial charge in [-0.3, -0.25) is 9.69 Å². The van der Waals surface area contributed by atoms with Crippen LogP contribution in [0.15, 0.2) is 12.1 Å². The average molecular weight is 276 g/mol. The van der Waals surface area contributed by atoms with Crippen molar-refractivity contribution in [3.05, 3.63) is 22.2 Å². The highest BCUT2D eigenvalue weighted by molar-refractivity contribution is 6.40. The molecule has 0 bridgehead atoms. The van der Waals surface area contributed by atoms with Gasteiger partial charge in [0.1, 0.15) is 0 Å². The van der Waals surface area contributed by atoms with Gasteiger partial charge in [-0.25, -0.2) is 0 Å². The number of amides is 1. The highest BCUT2D eigenvalue weighted by atomic mass is 35.5. The summed E-state index contributed by atoms with van der Waals surface area (Å²) in [6, 6.07) is 3.10. The first-order chi connectivity index (χ1) is 7.93. The van der Waals surface area contributed by atoms with Crippen LogP contribution in [0.4, 0.5) is 11.4 Å². The van der Waals surface area contributed by atoms with Gasteiger partial charge in [0, 0.05) is 5.69 Å². The van der Waals surface area contributed by atoms with Gasteiger partial charge in [0.05, 0.1) is 22.3 Å². The molecule has 1 rings (SSSR count). The summed E-state index contributed by atoms with van der Waals surface area (Å²) in [5, 5.41) is 3.34. The van der Waals surface area contributed by atoms with E-state index < -0.39 is 0 Å². The quantitative estimate of drug-likeness (QED) is 0.830. The maximum absolute atomic E-state index is 11.7. The Kier molecular flexibility index (Phi) is 5.05. The molecular formula is C11H15Cl2N3O. The van der Waals surface area contributed by atoms with Crippen molar-refractivity contribution in [3.8, 4) is 0 Å². The van der Waals surface area contributed by atoms with E-state index in [-0.39, 0.29) is 12.5 Å². The zero-order chi connectivity index (χ0) is 13.0. The van der Waals surface area contributed by atoms with Crippen LogP contribution in [0.3, 0.4) is 0 Å². The molecule has 0 spiro atoms. The lowest BCUT2D eigenvalue weighted by Crippen LogP contribution is -2.30. The molecular weight excluding hydrogens is 261 g/mol. The minimum atomic E-state index is -0.164. The lowest BCUT2D eigenvalue weighted by Gasteiger charge is -2.15. The Balaban J connectivity index is 2.78. The number of carbonyl (C=O) groups excluding carboxylic acids is 1. The topological polar surface area (TPSA) is 58.4 Å².